The summed E-state index contributed by atoms with van der Waals surface area (Å²) in [5, 5.41) is 1.04. The van der Waals surface area contributed by atoms with Crippen molar-refractivity contribution in [1.29, 1.82) is 0 Å². The number of rotatable bonds is 2. The van der Waals surface area contributed by atoms with Crippen LogP contribution in [0.25, 0.3) is 43.3 Å². The smallest absolute Gasteiger partial charge is 0.227 e. The van der Waals surface area contributed by atoms with Gasteiger partial charge in [-0.05, 0) is 86.3 Å². The van der Waals surface area contributed by atoms with E-state index in [1.807, 2.05) is 0 Å². The van der Waals surface area contributed by atoms with E-state index in [2.05, 4.69) is 81.2 Å². The van der Waals surface area contributed by atoms with Crippen LogP contribution in [0.2, 0.25) is 0 Å². The maximum atomic E-state index is 5.99. The summed E-state index contributed by atoms with van der Waals surface area (Å²) in [5.41, 5.74) is 9.91. The van der Waals surface area contributed by atoms with Crippen molar-refractivity contribution >= 4 is 32.7 Å². The molecule has 3 aromatic carbocycles. The first-order chi connectivity index (χ1) is 13.5. The molecule has 0 saturated heterocycles. The second-order valence-electron chi connectivity index (χ2n) is 7.42. The first-order valence-corrected chi connectivity index (χ1v) is 10.2. The normalized spacial score (nSPS) is 11.6. The number of hydrogen-bond acceptors (Lipinski definition) is 4. The van der Waals surface area contributed by atoms with Crippen molar-refractivity contribution in [2.75, 3.05) is 0 Å². The zero-order valence-electron chi connectivity index (χ0n) is 16.3. The molecule has 0 fully saturated rings. The molecule has 4 heteroatoms. The van der Waals surface area contributed by atoms with Crippen LogP contribution in [-0.4, -0.2) is 9.97 Å². The number of benzene rings is 3. The van der Waals surface area contributed by atoms with Crippen molar-refractivity contribution in [3.05, 3.63) is 70.8 Å². The van der Waals surface area contributed by atoms with Crippen LogP contribution in [0.3, 0.4) is 0 Å². The third-order valence-electron chi connectivity index (χ3n) is 5.39. The van der Waals surface area contributed by atoms with E-state index in [9.17, 15) is 0 Å². The van der Waals surface area contributed by atoms with E-state index in [1.165, 1.54) is 27.0 Å². The number of aromatic nitrogens is 2. The van der Waals surface area contributed by atoms with Crippen LogP contribution in [-0.2, 0) is 0 Å². The van der Waals surface area contributed by atoms with Gasteiger partial charge in [0.15, 0.2) is 5.58 Å². The maximum Gasteiger partial charge on any atom is 0.227 e. The molecule has 0 spiro atoms. The van der Waals surface area contributed by atoms with Crippen LogP contribution in [0.15, 0.2) is 52.9 Å². The fourth-order valence-electron chi connectivity index (χ4n) is 3.36. The number of fused-ring (bicyclic) bond motifs is 2. The van der Waals surface area contributed by atoms with Gasteiger partial charge in [0.05, 0.1) is 10.2 Å². The third kappa shape index (κ3) is 2.81. The quantitative estimate of drug-likeness (QED) is 0.329. The molecule has 3 nitrogen and oxygen atoms in total. The van der Waals surface area contributed by atoms with Crippen molar-refractivity contribution in [1.82, 2.24) is 9.97 Å². The summed E-state index contributed by atoms with van der Waals surface area (Å²) in [7, 11) is 0. The number of aryl methyl sites for hydroxylation is 4. The summed E-state index contributed by atoms with van der Waals surface area (Å²) in [6.45, 7) is 8.46. The van der Waals surface area contributed by atoms with Gasteiger partial charge in [0.25, 0.3) is 0 Å². The Labute approximate surface area is 167 Å². The van der Waals surface area contributed by atoms with Crippen LogP contribution in [0.5, 0.6) is 0 Å². The van der Waals surface area contributed by atoms with Crippen molar-refractivity contribution in [2.24, 2.45) is 0 Å². The molecule has 5 aromatic rings. The predicted molar refractivity (Wildman–Crippen MR) is 117 cm³/mol. The highest BCUT2D eigenvalue weighted by Crippen LogP contribution is 2.33. The molecule has 0 bridgehead atoms. The minimum Gasteiger partial charge on any atom is -0.436 e. The summed E-state index contributed by atoms with van der Waals surface area (Å²) in [5.74, 6) is 0.655. The molecule has 2 aromatic heterocycles. The van der Waals surface area contributed by atoms with E-state index in [0.717, 1.165) is 32.8 Å². The summed E-state index contributed by atoms with van der Waals surface area (Å²) in [6.07, 6.45) is 0. The van der Waals surface area contributed by atoms with Gasteiger partial charge >= 0.3 is 0 Å². The lowest BCUT2D eigenvalue weighted by Crippen LogP contribution is -1.81. The highest BCUT2D eigenvalue weighted by atomic mass is 32.1. The Kier molecular flexibility index (Phi) is 3.84. The molecule has 138 valence electrons. The molecular formula is C24H20N2OS. The van der Waals surface area contributed by atoms with Gasteiger partial charge in [-0.15, -0.1) is 11.3 Å². The Morgan fingerprint density at radius 2 is 1.29 bits per heavy atom. The second kappa shape index (κ2) is 6.28. The van der Waals surface area contributed by atoms with E-state index in [0.29, 0.717) is 5.89 Å². The zero-order valence-corrected chi connectivity index (χ0v) is 17.1. The van der Waals surface area contributed by atoms with Gasteiger partial charge in [0, 0.05) is 11.1 Å². The number of oxazole rings is 1. The first kappa shape index (κ1) is 17.1. The maximum absolute atomic E-state index is 5.99. The van der Waals surface area contributed by atoms with Gasteiger partial charge in [-0.25, -0.2) is 9.97 Å². The minimum absolute atomic E-state index is 0.655. The zero-order chi connectivity index (χ0) is 19.4. The van der Waals surface area contributed by atoms with Crippen molar-refractivity contribution in [2.45, 2.75) is 27.7 Å². The second-order valence-corrected chi connectivity index (χ2v) is 8.45. The largest absolute Gasteiger partial charge is 0.436 e. The van der Waals surface area contributed by atoms with Crippen LogP contribution >= 0.6 is 11.3 Å². The lowest BCUT2D eigenvalue weighted by molar-refractivity contribution is 0.619. The Balaban J connectivity index is 1.52. The Bertz CT molecular complexity index is 1160. The van der Waals surface area contributed by atoms with Gasteiger partial charge in [-0.3, -0.25) is 0 Å². The highest BCUT2D eigenvalue weighted by Gasteiger charge is 2.12. The predicted octanol–water partition coefficient (Wildman–Crippen LogP) is 7.01. The fraction of sp³-hybridized carbons (Fsp3) is 0.167. The van der Waals surface area contributed by atoms with Crippen molar-refractivity contribution < 1.29 is 4.42 Å². The van der Waals surface area contributed by atoms with Gasteiger partial charge in [-0.2, -0.15) is 0 Å². The van der Waals surface area contributed by atoms with E-state index < -0.39 is 0 Å². The summed E-state index contributed by atoms with van der Waals surface area (Å²) in [6, 6.07) is 16.8. The topological polar surface area (TPSA) is 38.9 Å². The van der Waals surface area contributed by atoms with Crippen LogP contribution < -0.4 is 0 Å². The number of thiazole rings is 1. The average Bonchev–Trinajstić information content (AvgIpc) is 3.26. The molecule has 0 saturated carbocycles. The van der Waals surface area contributed by atoms with E-state index in [-0.39, 0.29) is 0 Å². The molecular weight excluding hydrogens is 364 g/mol. The summed E-state index contributed by atoms with van der Waals surface area (Å²) >= 11 is 1.73. The molecule has 0 unspecified atom stereocenters. The molecule has 0 atom stereocenters. The van der Waals surface area contributed by atoms with Gasteiger partial charge in [0.2, 0.25) is 5.89 Å². The number of hydrogen-bond donors (Lipinski definition) is 0. The lowest BCUT2D eigenvalue weighted by atomic mass is 10.1. The third-order valence-corrected chi connectivity index (χ3v) is 6.45. The van der Waals surface area contributed by atoms with Crippen LogP contribution in [0.4, 0.5) is 0 Å². The SMILES string of the molecule is Cc1cc2nc(-c3ccc(-c4nc5cc(C)c(C)cc5s4)cc3)oc2cc1C. The molecule has 0 aliphatic heterocycles. The number of nitrogens with zero attached hydrogens (tertiary/aromatic N) is 2. The van der Waals surface area contributed by atoms with E-state index in [1.54, 1.807) is 11.3 Å². The van der Waals surface area contributed by atoms with Crippen LogP contribution in [0, 0.1) is 27.7 Å². The molecule has 2 heterocycles. The highest BCUT2D eigenvalue weighted by molar-refractivity contribution is 7.21. The van der Waals surface area contributed by atoms with Crippen molar-refractivity contribution in [3.8, 4) is 22.0 Å². The first-order valence-electron chi connectivity index (χ1n) is 9.34. The van der Waals surface area contributed by atoms with Gasteiger partial charge < -0.3 is 4.42 Å². The van der Waals surface area contributed by atoms with Crippen LogP contribution in [0.1, 0.15) is 22.3 Å². The fourth-order valence-corrected chi connectivity index (χ4v) is 4.41. The molecule has 0 radical (unpaired) electrons. The molecule has 5 rings (SSSR count). The monoisotopic (exact) mass is 384 g/mol. The molecule has 0 aliphatic carbocycles. The molecule has 0 N–H and O–H groups in total. The van der Waals surface area contributed by atoms with Crippen molar-refractivity contribution in [3.63, 3.8) is 0 Å². The van der Waals surface area contributed by atoms with E-state index in [4.69, 9.17) is 9.40 Å². The Morgan fingerprint density at radius 3 is 2.04 bits per heavy atom. The molecule has 0 aliphatic rings. The Hall–Kier alpha value is -2.98. The lowest BCUT2D eigenvalue weighted by Gasteiger charge is -1.98. The molecule has 28 heavy (non-hydrogen) atoms. The standard InChI is InChI=1S/C24H20N2OS/c1-13-9-19-21(11-15(13)3)27-23(25-19)17-5-7-18(8-6-17)24-26-20-10-14(2)16(4)12-22(20)28-24/h5-12H,1-4H3. The van der Waals surface area contributed by atoms with Gasteiger partial charge in [0.1, 0.15) is 10.5 Å². The van der Waals surface area contributed by atoms with E-state index >= 15 is 0 Å². The van der Waals surface area contributed by atoms with Gasteiger partial charge in [-0.1, -0.05) is 12.1 Å². The minimum atomic E-state index is 0.655. The Morgan fingerprint density at radius 1 is 0.679 bits per heavy atom. The summed E-state index contributed by atoms with van der Waals surface area (Å²) in [4.78, 5) is 9.48. The summed E-state index contributed by atoms with van der Waals surface area (Å²) < 4.78 is 7.21. The average molecular weight is 385 g/mol. The molecule has 0 amide bonds.